The molecule has 0 aromatic carbocycles. The van der Waals surface area contributed by atoms with E-state index in [2.05, 4.69) is 18.7 Å². The van der Waals surface area contributed by atoms with Gasteiger partial charge >= 0.3 is 0 Å². The first kappa shape index (κ1) is 12.9. The van der Waals surface area contributed by atoms with Crippen LogP contribution in [0.3, 0.4) is 0 Å². The standard InChI is InChI=1S/C12H24FNO/c1-9(2)14-7-10(13)6-11(14)8-15-12(3,4)5/h9-11H,6-8H2,1-5H3/t10-,11+/m1/s1. The Labute approximate surface area is 92.8 Å². The molecule has 0 unspecified atom stereocenters. The molecular formula is C12H24FNO. The Kier molecular flexibility index (Phi) is 4.13. The van der Waals surface area contributed by atoms with Crippen molar-refractivity contribution >= 4 is 0 Å². The Hall–Kier alpha value is -0.150. The van der Waals surface area contributed by atoms with Crippen molar-refractivity contribution in [2.45, 2.75) is 64.9 Å². The third kappa shape index (κ3) is 4.07. The molecule has 2 atom stereocenters. The zero-order valence-corrected chi connectivity index (χ0v) is 10.6. The van der Waals surface area contributed by atoms with Crippen LogP contribution >= 0.6 is 0 Å². The number of likely N-dealkylation sites (tertiary alicyclic amines) is 1. The van der Waals surface area contributed by atoms with Crippen LogP contribution in [0.4, 0.5) is 4.39 Å². The summed E-state index contributed by atoms with van der Waals surface area (Å²) in [6.45, 7) is 11.5. The van der Waals surface area contributed by atoms with Gasteiger partial charge in [-0.1, -0.05) is 0 Å². The monoisotopic (exact) mass is 217 g/mol. The molecule has 3 heteroatoms. The molecule has 0 aromatic rings. The number of nitrogens with zero attached hydrogens (tertiary/aromatic N) is 1. The molecule has 0 aromatic heterocycles. The highest BCUT2D eigenvalue weighted by molar-refractivity contribution is 4.87. The molecule has 15 heavy (non-hydrogen) atoms. The van der Waals surface area contributed by atoms with Gasteiger partial charge in [-0.2, -0.15) is 0 Å². The Bertz CT molecular complexity index is 200. The van der Waals surface area contributed by atoms with Crippen LogP contribution in [0.5, 0.6) is 0 Å². The summed E-state index contributed by atoms with van der Waals surface area (Å²) in [5, 5.41) is 0. The molecule has 1 rings (SSSR count). The van der Waals surface area contributed by atoms with Crippen LogP contribution in [0.25, 0.3) is 0 Å². The summed E-state index contributed by atoms with van der Waals surface area (Å²) in [5.74, 6) is 0. The van der Waals surface area contributed by atoms with E-state index in [4.69, 9.17) is 4.74 Å². The largest absolute Gasteiger partial charge is 0.374 e. The topological polar surface area (TPSA) is 12.5 Å². The Balaban J connectivity index is 2.46. The zero-order valence-electron chi connectivity index (χ0n) is 10.6. The van der Waals surface area contributed by atoms with Gasteiger partial charge < -0.3 is 4.74 Å². The van der Waals surface area contributed by atoms with Crippen LogP contribution in [0.15, 0.2) is 0 Å². The molecule has 0 bridgehead atoms. The quantitative estimate of drug-likeness (QED) is 0.720. The van der Waals surface area contributed by atoms with Crippen molar-refractivity contribution in [2.24, 2.45) is 0 Å². The SMILES string of the molecule is CC(C)N1C[C@H](F)C[C@H]1COC(C)(C)C. The molecule has 1 aliphatic rings. The van der Waals surface area contributed by atoms with E-state index in [1.165, 1.54) is 0 Å². The van der Waals surface area contributed by atoms with E-state index in [9.17, 15) is 4.39 Å². The minimum absolute atomic E-state index is 0.128. The van der Waals surface area contributed by atoms with Gasteiger partial charge in [-0.15, -0.1) is 0 Å². The molecule has 2 nitrogen and oxygen atoms in total. The smallest absolute Gasteiger partial charge is 0.114 e. The Morgan fingerprint density at radius 3 is 2.47 bits per heavy atom. The average molecular weight is 217 g/mol. The van der Waals surface area contributed by atoms with Gasteiger partial charge in [0, 0.05) is 18.6 Å². The second kappa shape index (κ2) is 4.79. The van der Waals surface area contributed by atoms with E-state index >= 15 is 0 Å². The highest BCUT2D eigenvalue weighted by atomic mass is 19.1. The normalized spacial score (nSPS) is 29.0. The van der Waals surface area contributed by atoms with Crippen LogP contribution in [0.1, 0.15) is 41.0 Å². The van der Waals surface area contributed by atoms with Gasteiger partial charge in [-0.3, -0.25) is 4.90 Å². The highest BCUT2D eigenvalue weighted by Crippen LogP contribution is 2.24. The maximum atomic E-state index is 13.3. The molecular weight excluding hydrogens is 193 g/mol. The van der Waals surface area contributed by atoms with Crippen molar-refractivity contribution in [1.29, 1.82) is 0 Å². The summed E-state index contributed by atoms with van der Waals surface area (Å²) in [4.78, 5) is 2.20. The summed E-state index contributed by atoms with van der Waals surface area (Å²) in [5.41, 5.74) is -0.128. The lowest BCUT2D eigenvalue weighted by Gasteiger charge is -2.30. The molecule has 0 N–H and O–H groups in total. The summed E-state index contributed by atoms with van der Waals surface area (Å²) < 4.78 is 19.0. The minimum atomic E-state index is -0.680. The fourth-order valence-electron chi connectivity index (χ4n) is 2.03. The highest BCUT2D eigenvalue weighted by Gasteiger charge is 2.34. The lowest BCUT2D eigenvalue weighted by molar-refractivity contribution is -0.0320. The van der Waals surface area contributed by atoms with Crippen LogP contribution in [0, 0.1) is 0 Å². The summed E-state index contributed by atoms with van der Waals surface area (Å²) in [7, 11) is 0. The molecule has 1 saturated heterocycles. The fraction of sp³-hybridized carbons (Fsp3) is 1.00. The summed E-state index contributed by atoms with van der Waals surface area (Å²) in [6.07, 6.45) is -0.0604. The van der Waals surface area contributed by atoms with E-state index in [1.54, 1.807) is 0 Å². The molecule has 0 aliphatic carbocycles. The maximum absolute atomic E-state index is 13.3. The number of hydrogen-bond donors (Lipinski definition) is 0. The number of alkyl halides is 1. The van der Waals surface area contributed by atoms with Crippen molar-refractivity contribution in [3.8, 4) is 0 Å². The molecule has 1 heterocycles. The van der Waals surface area contributed by atoms with Gasteiger partial charge in [0.05, 0.1) is 12.2 Å². The first-order chi connectivity index (χ1) is 6.79. The van der Waals surface area contributed by atoms with Crippen LogP contribution in [-0.2, 0) is 4.74 Å². The second-order valence-corrected chi connectivity index (χ2v) is 5.70. The van der Waals surface area contributed by atoms with Crippen LogP contribution in [0.2, 0.25) is 0 Å². The van der Waals surface area contributed by atoms with Crippen LogP contribution < -0.4 is 0 Å². The van der Waals surface area contributed by atoms with Gasteiger partial charge in [0.1, 0.15) is 6.17 Å². The third-order valence-corrected chi connectivity index (χ3v) is 2.78. The molecule has 0 spiro atoms. The third-order valence-electron chi connectivity index (χ3n) is 2.78. The van der Waals surface area contributed by atoms with Gasteiger partial charge in [0.15, 0.2) is 0 Å². The molecule has 0 radical (unpaired) electrons. The molecule has 1 fully saturated rings. The molecule has 1 aliphatic heterocycles. The lowest BCUT2D eigenvalue weighted by Crippen LogP contribution is -2.40. The molecule has 90 valence electrons. The predicted molar refractivity (Wildman–Crippen MR) is 60.8 cm³/mol. The van der Waals surface area contributed by atoms with Crippen molar-refractivity contribution in [3.05, 3.63) is 0 Å². The average Bonchev–Trinajstić information content (AvgIpc) is 2.42. The fourth-order valence-corrected chi connectivity index (χ4v) is 2.03. The van der Waals surface area contributed by atoms with Gasteiger partial charge in [-0.25, -0.2) is 4.39 Å². The van der Waals surface area contributed by atoms with E-state index in [-0.39, 0.29) is 11.6 Å². The van der Waals surface area contributed by atoms with Crippen molar-refractivity contribution in [1.82, 2.24) is 4.90 Å². The van der Waals surface area contributed by atoms with Crippen molar-refractivity contribution < 1.29 is 9.13 Å². The Morgan fingerprint density at radius 2 is 2.00 bits per heavy atom. The van der Waals surface area contributed by atoms with Gasteiger partial charge in [0.25, 0.3) is 0 Å². The first-order valence-corrected chi connectivity index (χ1v) is 5.83. The number of ether oxygens (including phenoxy) is 1. The van der Waals surface area contributed by atoms with Crippen molar-refractivity contribution in [2.75, 3.05) is 13.2 Å². The maximum Gasteiger partial charge on any atom is 0.114 e. The van der Waals surface area contributed by atoms with Gasteiger partial charge in [0.2, 0.25) is 0 Å². The summed E-state index contributed by atoms with van der Waals surface area (Å²) in [6, 6.07) is 0.651. The number of halogens is 1. The Morgan fingerprint density at radius 1 is 1.40 bits per heavy atom. The van der Waals surface area contributed by atoms with Gasteiger partial charge in [-0.05, 0) is 41.0 Å². The number of hydrogen-bond acceptors (Lipinski definition) is 2. The second-order valence-electron chi connectivity index (χ2n) is 5.70. The van der Waals surface area contributed by atoms with E-state index in [0.717, 1.165) is 0 Å². The molecule has 0 amide bonds. The minimum Gasteiger partial charge on any atom is -0.374 e. The number of rotatable bonds is 3. The zero-order chi connectivity index (χ0) is 11.6. The summed E-state index contributed by atoms with van der Waals surface area (Å²) >= 11 is 0. The molecule has 0 saturated carbocycles. The van der Waals surface area contributed by atoms with Crippen LogP contribution in [-0.4, -0.2) is 41.9 Å². The van der Waals surface area contributed by atoms with E-state index < -0.39 is 6.17 Å². The van der Waals surface area contributed by atoms with Crippen molar-refractivity contribution in [3.63, 3.8) is 0 Å². The van der Waals surface area contributed by atoms with E-state index in [1.807, 2.05) is 20.8 Å². The predicted octanol–water partition coefficient (Wildman–Crippen LogP) is 2.62. The van der Waals surface area contributed by atoms with E-state index in [0.29, 0.717) is 25.6 Å². The lowest BCUT2D eigenvalue weighted by atomic mass is 10.1. The first-order valence-electron chi connectivity index (χ1n) is 5.83.